The summed E-state index contributed by atoms with van der Waals surface area (Å²) in [5.74, 6) is 1.05. The second-order valence-electron chi connectivity index (χ2n) is 8.28. The van der Waals surface area contributed by atoms with Crippen LogP contribution in [-0.4, -0.2) is 49.7 Å². The number of hydrogen-bond acceptors (Lipinski definition) is 4. The molecule has 1 amide bonds. The Kier molecular flexibility index (Phi) is 4.07. The summed E-state index contributed by atoms with van der Waals surface area (Å²) in [4.78, 5) is 20.2. The molecule has 2 aromatic heterocycles. The summed E-state index contributed by atoms with van der Waals surface area (Å²) in [6.45, 7) is 5.67. The van der Waals surface area contributed by atoms with Gasteiger partial charge in [-0.05, 0) is 64.0 Å². The van der Waals surface area contributed by atoms with Crippen molar-refractivity contribution in [3.63, 3.8) is 0 Å². The number of nitrogens with one attached hydrogen (secondary N) is 2. The van der Waals surface area contributed by atoms with Crippen molar-refractivity contribution in [3.8, 4) is 0 Å². The van der Waals surface area contributed by atoms with Crippen LogP contribution in [0.1, 0.15) is 60.2 Å². The summed E-state index contributed by atoms with van der Waals surface area (Å²) in [6, 6.07) is 0.308. The lowest BCUT2D eigenvalue weighted by Gasteiger charge is -2.29. The fourth-order valence-electron chi connectivity index (χ4n) is 5.12. The minimum absolute atomic E-state index is 0.0838. The zero-order valence-corrected chi connectivity index (χ0v) is 16.0. The maximum absolute atomic E-state index is 13.6. The zero-order valence-electron chi connectivity index (χ0n) is 16.0. The van der Waals surface area contributed by atoms with Crippen LogP contribution < -0.4 is 5.32 Å². The SMILES string of the molecule is CCn1ccnc1CN(C(=O)c1n[nH]c2c1CCC2)[C@@H]1CC12CCNCC2. The molecule has 27 heavy (non-hydrogen) atoms. The first-order valence-electron chi connectivity index (χ1n) is 10.3. The van der Waals surface area contributed by atoms with E-state index in [1.54, 1.807) is 0 Å². The number of nitrogens with zero attached hydrogens (tertiary/aromatic N) is 4. The number of carbonyl (C=O) groups excluding carboxylic acids is 1. The first kappa shape index (κ1) is 17.0. The molecule has 1 aliphatic heterocycles. The molecule has 144 valence electrons. The molecule has 2 fully saturated rings. The van der Waals surface area contributed by atoms with Crippen LogP contribution in [0.25, 0.3) is 0 Å². The van der Waals surface area contributed by atoms with Gasteiger partial charge in [0.25, 0.3) is 5.91 Å². The fraction of sp³-hybridized carbons (Fsp3) is 0.650. The third kappa shape index (κ3) is 2.79. The highest BCUT2D eigenvalue weighted by Gasteiger charge is 2.58. The second-order valence-corrected chi connectivity index (χ2v) is 8.28. The van der Waals surface area contributed by atoms with Crippen LogP contribution in [0.15, 0.2) is 12.4 Å². The van der Waals surface area contributed by atoms with Gasteiger partial charge < -0.3 is 14.8 Å². The number of aromatic amines is 1. The molecule has 2 aromatic rings. The molecule has 1 saturated carbocycles. The number of aryl methyl sites for hydroxylation is 2. The van der Waals surface area contributed by atoms with Gasteiger partial charge >= 0.3 is 0 Å². The van der Waals surface area contributed by atoms with E-state index in [-0.39, 0.29) is 5.91 Å². The lowest BCUT2D eigenvalue weighted by Crippen LogP contribution is -2.40. The Bertz CT molecular complexity index is 847. The fourth-order valence-corrected chi connectivity index (χ4v) is 5.12. The monoisotopic (exact) mass is 368 g/mol. The van der Waals surface area contributed by atoms with E-state index in [1.165, 1.54) is 0 Å². The van der Waals surface area contributed by atoms with E-state index < -0.39 is 0 Å². The van der Waals surface area contributed by atoms with Crippen molar-refractivity contribution in [2.24, 2.45) is 5.41 Å². The number of rotatable bonds is 5. The molecule has 7 heteroatoms. The van der Waals surface area contributed by atoms with Crippen molar-refractivity contribution in [1.29, 1.82) is 0 Å². The average Bonchev–Trinajstić information content (AvgIpc) is 3.13. The van der Waals surface area contributed by atoms with Crippen molar-refractivity contribution in [2.75, 3.05) is 13.1 Å². The molecule has 0 unspecified atom stereocenters. The molecule has 5 rings (SSSR count). The van der Waals surface area contributed by atoms with Gasteiger partial charge in [-0.3, -0.25) is 9.89 Å². The van der Waals surface area contributed by atoms with Gasteiger partial charge in [-0.2, -0.15) is 5.10 Å². The van der Waals surface area contributed by atoms with Gasteiger partial charge in [0, 0.05) is 36.2 Å². The lowest BCUT2D eigenvalue weighted by molar-refractivity contribution is 0.0677. The van der Waals surface area contributed by atoms with Crippen molar-refractivity contribution < 1.29 is 4.79 Å². The third-order valence-corrected chi connectivity index (χ3v) is 6.85. The highest BCUT2D eigenvalue weighted by molar-refractivity contribution is 5.94. The molecule has 1 spiro atoms. The average molecular weight is 368 g/mol. The van der Waals surface area contributed by atoms with Crippen LogP contribution in [0, 0.1) is 5.41 Å². The summed E-state index contributed by atoms with van der Waals surface area (Å²) in [5, 5.41) is 11.0. The summed E-state index contributed by atoms with van der Waals surface area (Å²) in [6.07, 6.45) is 10.3. The predicted octanol–water partition coefficient (Wildman–Crippen LogP) is 1.90. The minimum atomic E-state index is 0.0838. The number of piperidine rings is 1. The summed E-state index contributed by atoms with van der Waals surface area (Å²) in [7, 11) is 0. The number of amides is 1. The Hall–Kier alpha value is -2.15. The van der Waals surface area contributed by atoms with E-state index in [0.717, 1.165) is 75.2 Å². The molecule has 1 atom stereocenters. The highest BCUT2D eigenvalue weighted by Crippen LogP contribution is 2.56. The Labute approximate surface area is 159 Å². The summed E-state index contributed by atoms with van der Waals surface area (Å²) >= 11 is 0. The number of aromatic nitrogens is 4. The van der Waals surface area contributed by atoms with Crippen molar-refractivity contribution in [1.82, 2.24) is 30.0 Å². The number of imidazole rings is 1. The standard InChI is InChI=1S/C20H28N6O/c1-2-25-11-10-22-17(25)13-26(16-12-20(16)6-8-21-9-7-20)19(27)18-14-4-3-5-15(14)23-24-18/h10-11,16,21H,2-9,12-13H2,1H3,(H,23,24)/t16-/m1/s1. The molecular formula is C20H28N6O. The number of carbonyl (C=O) groups is 1. The van der Waals surface area contributed by atoms with Crippen LogP contribution in [0.3, 0.4) is 0 Å². The predicted molar refractivity (Wildman–Crippen MR) is 101 cm³/mol. The van der Waals surface area contributed by atoms with Crippen molar-refractivity contribution in [2.45, 2.75) is 64.6 Å². The largest absolute Gasteiger partial charge is 0.334 e. The van der Waals surface area contributed by atoms with Crippen LogP contribution in [0.2, 0.25) is 0 Å². The maximum atomic E-state index is 13.6. The topological polar surface area (TPSA) is 78.8 Å². The number of H-pyrrole nitrogens is 1. The molecule has 3 heterocycles. The van der Waals surface area contributed by atoms with Crippen LogP contribution >= 0.6 is 0 Å². The van der Waals surface area contributed by atoms with E-state index >= 15 is 0 Å². The Balaban J connectivity index is 1.45. The molecule has 2 aliphatic carbocycles. The molecule has 0 radical (unpaired) electrons. The van der Waals surface area contributed by atoms with E-state index in [9.17, 15) is 4.79 Å². The van der Waals surface area contributed by atoms with Gasteiger partial charge in [-0.15, -0.1) is 0 Å². The molecule has 7 nitrogen and oxygen atoms in total. The first-order chi connectivity index (χ1) is 13.2. The molecule has 0 aromatic carbocycles. The molecule has 2 N–H and O–H groups in total. The van der Waals surface area contributed by atoms with Crippen molar-refractivity contribution in [3.05, 3.63) is 35.2 Å². The van der Waals surface area contributed by atoms with Crippen LogP contribution in [0.5, 0.6) is 0 Å². The lowest BCUT2D eigenvalue weighted by atomic mass is 9.93. The molecule has 1 saturated heterocycles. The Morgan fingerprint density at radius 2 is 2.22 bits per heavy atom. The van der Waals surface area contributed by atoms with Crippen molar-refractivity contribution >= 4 is 5.91 Å². The van der Waals surface area contributed by atoms with E-state index in [2.05, 4.69) is 36.9 Å². The van der Waals surface area contributed by atoms with E-state index in [4.69, 9.17) is 0 Å². The zero-order chi connectivity index (χ0) is 18.4. The van der Waals surface area contributed by atoms with Gasteiger partial charge in [0.15, 0.2) is 5.69 Å². The smallest absolute Gasteiger partial charge is 0.275 e. The first-order valence-corrected chi connectivity index (χ1v) is 10.3. The maximum Gasteiger partial charge on any atom is 0.275 e. The molecule has 0 bridgehead atoms. The van der Waals surface area contributed by atoms with Crippen LogP contribution in [0.4, 0.5) is 0 Å². The molecule has 3 aliphatic rings. The van der Waals surface area contributed by atoms with E-state index in [0.29, 0.717) is 23.7 Å². The third-order valence-electron chi connectivity index (χ3n) is 6.85. The summed E-state index contributed by atoms with van der Waals surface area (Å²) < 4.78 is 2.13. The Morgan fingerprint density at radius 1 is 1.37 bits per heavy atom. The van der Waals surface area contributed by atoms with E-state index in [1.807, 2.05) is 12.4 Å². The number of hydrogen-bond donors (Lipinski definition) is 2. The highest BCUT2D eigenvalue weighted by atomic mass is 16.2. The van der Waals surface area contributed by atoms with Crippen LogP contribution in [-0.2, 0) is 25.9 Å². The van der Waals surface area contributed by atoms with Gasteiger partial charge in [0.05, 0.1) is 6.54 Å². The van der Waals surface area contributed by atoms with Gasteiger partial charge in [0.2, 0.25) is 0 Å². The summed E-state index contributed by atoms with van der Waals surface area (Å²) in [5.41, 5.74) is 3.24. The van der Waals surface area contributed by atoms with Gasteiger partial charge in [-0.1, -0.05) is 0 Å². The van der Waals surface area contributed by atoms with Gasteiger partial charge in [0.1, 0.15) is 5.82 Å². The Morgan fingerprint density at radius 3 is 3.04 bits per heavy atom. The molecular weight excluding hydrogens is 340 g/mol. The minimum Gasteiger partial charge on any atom is -0.334 e. The normalized spacial score (nSPS) is 22.8. The number of fused-ring (bicyclic) bond motifs is 1. The quantitative estimate of drug-likeness (QED) is 0.845. The second kappa shape index (κ2) is 6.48. The van der Waals surface area contributed by atoms with Gasteiger partial charge in [-0.25, -0.2) is 4.98 Å².